The Morgan fingerprint density at radius 2 is 2.24 bits per heavy atom. The highest BCUT2D eigenvalue weighted by molar-refractivity contribution is 5.84. The van der Waals surface area contributed by atoms with Crippen molar-refractivity contribution in [3.8, 4) is 0 Å². The number of benzene rings is 1. The van der Waals surface area contributed by atoms with Gasteiger partial charge in [0.1, 0.15) is 0 Å². The molecule has 0 saturated heterocycles. The molecule has 0 aliphatic heterocycles. The quantitative estimate of drug-likeness (QED) is 0.351. The Morgan fingerprint density at radius 3 is 2.94 bits per heavy atom. The maximum absolute atomic E-state index is 11.7. The molecular formula is C12H13N3O2. The molecule has 1 aromatic carbocycles. The van der Waals surface area contributed by atoms with Gasteiger partial charge in [-0.2, -0.15) is 0 Å². The molecule has 0 bridgehead atoms. The van der Waals surface area contributed by atoms with Crippen LogP contribution in [0.1, 0.15) is 5.56 Å². The monoisotopic (exact) mass is 231 g/mol. The fourth-order valence-electron chi connectivity index (χ4n) is 1.77. The van der Waals surface area contributed by atoms with E-state index in [-0.39, 0.29) is 17.8 Å². The zero-order chi connectivity index (χ0) is 12.4. The van der Waals surface area contributed by atoms with Gasteiger partial charge in [0.2, 0.25) is 0 Å². The van der Waals surface area contributed by atoms with E-state index < -0.39 is 0 Å². The lowest BCUT2D eigenvalue weighted by atomic mass is 10.1. The van der Waals surface area contributed by atoms with Gasteiger partial charge in [-0.15, -0.1) is 0 Å². The molecule has 0 unspecified atom stereocenters. The van der Waals surface area contributed by atoms with Crippen molar-refractivity contribution >= 4 is 16.7 Å². The average Bonchev–Trinajstić information content (AvgIpc) is 2.33. The number of rotatable bonds is 2. The number of hydrogen-bond donors (Lipinski definition) is 2. The van der Waals surface area contributed by atoms with Gasteiger partial charge in [0, 0.05) is 17.6 Å². The van der Waals surface area contributed by atoms with Gasteiger partial charge in [0.05, 0.1) is 12.1 Å². The molecule has 0 spiro atoms. The van der Waals surface area contributed by atoms with Crippen molar-refractivity contribution in [2.75, 3.05) is 0 Å². The second kappa shape index (κ2) is 4.29. The third-order valence-corrected chi connectivity index (χ3v) is 2.59. The molecule has 5 heteroatoms. The van der Waals surface area contributed by atoms with Crippen molar-refractivity contribution < 1.29 is 5.21 Å². The molecule has 1 heterocycles. The number of fused-ring (bicyclic) bond motifs is 1. The minimum atomic E-state index is -0.0283. The first-order valence-electron chi connectivity index (χ1n) is 5.18. The molecule has 0 amide bonds. The first-order valence-corrected chi connectivity index (χ1v) is 5.18. The van der Waals surface area contributed by atoms with Crippen LogP contribution in [0, 0.1) is 6.92 Å². The predicted molar refractivity (Wildman–Crippen MR) is 66.4 cm³/mol. The van der Waals surface area contributed by atoms with E-state index in [2.05, 4.69) is 5.16 Å². The van der Waals surface area contributed by atoms with Crippen molar-refractivity contribution in [3.05, 3.63) is 46.2 Å². The molecule has 0 fully saturated rings. The van der Waals surface area contributed by atoms with Gasteiger partial charge in [-0.25, -0.2) is 0 Å². The van der Waals surface area contributed by atoms with E-state index >= 15 is 0 Å². The number of nitrogens with zero attached hydrogens (tertiary/aromatic N) is 2. The summed E-state index contributed by atoms with van der Waals surface area (Å²) in [6.45, 7) is 2.18. The Kier molecular flexibility index (Phi) is 2.82. The van der Waals surface area contributed by atoms with Gasteiger partial charge >= 0.3 is 0 Å². The molecule has 0 saturated carbocycles. The normalized spacial score (nSPS) is 11.9. The number of oxime groups is 1. The summed E-state index contributed by atoms with van der Waals surface area (Å²) in [6, 6.07) is 7.09. The largest absolute Gasteiger partial charge is 0.409 e. The lowest BCUT2D eigenvalue weighted by Crippen LogP contribution is -2.21. The van der Waals surface area contributed by atoms with Gasteiger partial charge in [-0.1, -0.05) is 16.8 Å². The molecule has 2 rings (SSSR count). The van der Waals surface area contributed by atoms with E-state index in [9.17, 15) is 4.79 Å². The van der Waals surface area contributed by atoms with Crippen LogP contribution in [-0.2, 0) is 6.54 Å². The average molecular weight is 231 g/mol. The summed E-state index contributed by atoms with van der Waals surface area (Å²) in [5.74, 6) is 0.0931. The summed E-state index contributed by atoms with van der Waals surface area (Å²) in [5, 5.41) is 12.1. The number of nitrogens with two attached hydrogens (primary N) is 1. The molecule has 0 aliphatic rings. The minimum absolute atomic E-state index is 0.0283. The smallest absolute Gasteiger partial charge is 0.189 e. The van der Waals surface area contributed by atoms with Gasteiger partial charge < -0.3 is 15.5 Å². The summed E-state index contributed by atoms with van der Waals surface area (Å²) in [5.41, 5.74) is 7.23. The van der Waals surface area contributed by atoms with Crippen LogP contribution in [0.5, 0.6) is 0 Å². The summed E-state index contributed by atoms with van der Waals surface area (Å²) in [6.07, 6.45) is 1.64. The van der Waals surface area contributed by atoms with E-state index in [1.165, 1.54) is 6.07 Å². The van der Waals surface area contributed by atoms with Gasteiger partial charge in [-0.3, -0.25) is 4.79 Å². The van der Waals surface area contributed by atoms with E-state index in [0.29, 0.717) is 5.39 Å². The van der Waals surface area contributed by atoms with Crippen LogP contribution >= 0.6 is 0 Å². The predicted octanol–water partition coefficient (Wildman–Crippen LogP) is 1.06. The van der Waals surface area contributed by atoms with E-state index in [0.717, 1.165) is 11.1 Å². The van der Waals surface area contributed by atoms with Crippen LogP contribution < -0.4 is 11.2 Å². The molecular weight excluding hydrogens is 218 g/mol. The van der Waals surface area contributed by atoms with Crippen LogP contribution in [0.15, 0.2) is 40.4 Å². The Morgan fingerprint density at radius 1 is 1.47 bits per heavy atom. The lowest BCUT2D eigenvalue weighted by Gasteiger charge is -2.09. The molecule has 17 heavy (non-hydrogen) atoms. The van der Waals surface area contributed by atoms with Crippen molar-refractivity contribution in [3.63, 3.8) is 0 Å². The Bertz CT molecular complexity index is 644. The summed E-state index contributed by atoms with van der Waals surface area (Å²) >= 11 is 0. The number of pyridine rings is 1. The second-order valence-electron chi connectivity index (χ2n) is 3.92. The lowest BCUT2D eigenvalue weighted by molar-refractivity contribution is 0.316. The van der Waals surface area contributed by atoms with E-state index in [1.54, 1.807) is 10.8 Å². The molecule has 5 nitrogen and oxygen atoms in total. The van der Waals surface area contributed by atoms with Crippen LogP contribution in [0.25, 0.3) is 10.9 Å². The maximum atomic E-state index is 11.7. The summed E-state index contributed by atoms with van der Waals surface area (Å²) in [7, 11) is 0. The molecule has 2 aromatic rings. The third-order valence-electron chi connectivity index (χ3n) is 2.59. The van der Waals surface area contributed by atoms with Gasteiger partial charge in [0.15, 0.2) is 11.3 Å². The van der Waals surface area contributed by atoms with Crippen molar-refractivity contribution in [1.82, 2.24) is 4.57 Å². The third kappa shape index (κ3) is 2.13. The Balaban J connectivity index is 2.66. The molecule has 0 aliphatic carbocycles. The minimum Gasteiger partial charge on any atom is -0.409 e. The van der Waals surface area contributed by atoms with Crippen LogP contribution in [0.3, 0.4) is 0 Å². The zero-order valence-corrected chi connectivity index (χ0v) is 9.42. The van der Waals surface area contributed by atoms with Gasteiger partial charge in [0.25, 0.3) is 0 Å². The molecule has 3 N–H and O–H groups in total. The maximum Gasteiger partial charge on any atom is 0.189 e. The van der Waals surface area contributed by atoms with Crippen LogP contribution in [0.2, 0.25) is 0 Å². The Hall–Kier alpha value is -2.30. The van der Waals surface area contributed by atoms with Crippen molar-refractivity contribution in [1.29, 1.82) is 0 Å². The highest BCUT2D eigenvalue weighted by Gasteiger charge is 2.04. The van der Waals surface area contributed by atoms with E-state index in [1.807, 2.05) is 25.1 Å². The number of hydrogen-bond acceptors (Lipinski definition) is 3. The second-order valence-corrected chi connectivity index (χ2v) is 3.92. The topological polar surface area (TPSA) is 80.6 Å². The standard InChI is InChI=1S/C12H13N3O2/c1-8-2-3-10-9(6-8)11(16)4-5-15(10)7-12(13)14-17/h2-6,17H,7H2,1H3,(H2,13,14). The molecule has 1 aromatic heterocycles. The van der Waals surface area contributed by atoms with Crippen LogP contribution in [-0.4, -0.2) is 15.6 Å². The molecule has 0 radical (unpaired) electrons. The first-order chi connectivity index (χ1) is 8.11. The molecule has 0 atom stereocenters. The number of aromatic nitrogens is 1. The fourth-order valence-corrected chi connectivity index (χ4v) is 1.77. The summed E-state index contributed by atoms with van der Waals surface area (Å²) < 4.78 is 1.77. The number of amidine groups is 1. The first kappa shape index (κ1) is 11.2. The van der Waals surface area contributed by atoms with Crippen molar-refractivity contribution in [2.45, 2.75) is 13.5 Å². The zero-order valence-electron chi connectivity index (χ0n) is 9.42. The van der Waals surface area contributed by atoms with E-state index in [4.69, 9.17) is 10.9 Å². The SMILES string of the molecule is Cc1ccc2c(c1)c(=O)ccn2C/C(N)=N/O. The van der Waals surface area contributed by atoms with Gasteiger partial charge in [-0.05, 0) is 19.1 Å². The fraction of sp³-hybridized carbons (Fsp3) is 0.167. The highest BCUT2D eigenvalue weighted by Crippen LogP contribution is 2.12. The molecule has 88 valence electrons. The number of aryl methyl sites for hydroxylation is 1. The Labute approximate surface area is 97.8 Å². The highest BCUT2D eigenvalue weighted by atomic mass is 16.4. The van der Waals surface area contributed by atoms with Crippen LogP contribution in [0.4, 0.5) is 0 Å². The van der Waals surface area contributed by atoms with Crippen molar-refractivity contribution in [2.24, 2.45) is 10.9 Å². The summed E-state index contributed by atoms with van der Waals surface area (Å²) in [4.78, 5) is 11.7.